The van der Waals surface area contributed by atoms with Crippen molar-refractivity contribution in [1.29, 1.82) is 0 Å². The molecule has 1 aromatic carbocycles. The quantitative estimate of drug-likeness (QED) is 0.534. The van der Waals surface area contributed by atoms with E-state index in [0.717, 1.165) is 41.5 Å². The van der Waals surface area contributed by atoms with Gasteiger partial charge in [-0.2, -0.15) is 9.40 Å². The fourth-order valence-electron chi connectivity index (χ4n) is 5.76. The van der Waals surface area contributed by atoms with E-state index in [9.17, 15) is 13.2 Å². The number of fused-ring (bicyclic) bond motifs is 1. The number of aromatic nitrogens is 3. The minimum atomic E-state index is -3.55. The minimum Gasteiger partial charge on any atom is -0.495 e. The zero-order chi connectivity index (χ0) is 25.8. The van der Waals surface area contributed by atoms with Crippen LogP contribution in [0.2, 0.25) is 0 Å². The predicted octanol–water partition coefficient (Wildman–Crippen LogP) is 3.22. The Morgan fingerprint density at radius 1 is 1.08 bits per heavy atom. The molecular weight excluding hydrogens is 478 g/mol. The lowest BCUT2D eigenvalue weighted by molar-refractivity contribution is 0.0747. The third-order valence-electron chi connectivity index (χ3n) is 7.88. The van der Waals surface area contributed by atoms with Gasteiger partial charge in [0.15, 0.2) is 5.65 Å². The number of benzene rings is 1. The van der Waals surface area contributed by atoms with E-state index >= 15 is 0 Å². The number of nitrogens with zero attached hydrogens (tertiary/aromatic N) is 5. The van der Waals surface area contributed by atoms with Gasteiger partial charge >= 0.3 is 0 Å². The van der Waals surface area contributed by atoms with E-state index in [1.807, 2.05) is 44.9 Å². The first-order chi connectivity index (χ1) is 17.1. The van der Waals surface area contributed by atoms with Crippen molar-refractivity contribution < 1.29 is 17.9 Å². The van der Waals surface area contributed by atoms with E-state index in [1.54, 1.807) is 28.4 Å². The second-order valence-electron chi connectivity index (χ2n) is 10.3. The van der Waals surface area contributed by atoms with Crippen LogP contribution in [0, 0.1) is 26.2 Å². The van der Waals surface area contributed by atoms with Gasteiger partial charge < -0.3 is 9.64 Å². The summed E-state index contributed by atoms with van der Waals surface area (Å²) in [6.45, 7) is 7.79. The molecule has 0 saturated carbocycles. The van der Waals surface area contributed by atoms with E-state index < -0.39 is 10.0 Å². The zero-order valence-electron chi connectivity index (χ0n) is 21.5. The average molecular weight is 512 g/mol. The molecule has 1 spiro atoms. The standard InChI is InChI=1S/C26H33N5O4S/c1-17-6-7-18(2)21(14-17)36(33,34)31-12-9-26(10-13-31)8-11-30(16-26)25(32)20-15-27-24-22(23(20)35-5)19(3)28-29(24)4/h6-7,14-15H,8-13,16H2,1-5H3. The molecule has 0 N–H and O–H groups in total. The first-order valence-corrected chi connectivity index (χ1v) is 13.7. The minimum absolute atomic E-state index is 0.0711. The van der Waals surface area contributed by atoms with E-state index in [0.29, 0.717) is 48.0 Å². The Morgan fingerprint density at radius 2 is 1.78 bits per heavy atom. The summed E-state index contributed by atoms with van der Waals surface area (Å²) in [5.41, 5.74) is 3.51. The van der Waals surface area contributed by atoms with Crippen molar-refractivity contribution in [3.05, 3.63) is 46.8 Å². The van der Waals surface area contributed by atoms with Crippen molar-refractivity contribution in [2.75, 3.05) is 33.3 Å². The molecule has 0 atom stereocenters. The van der Waals surface area contributed by atoms with Gasteiger partial charge in [0, 0.05) is 39.4 Å². The second-order valence-corrected chi connectivity index (χ2v) is 12.2. The van der Waals surface area contributed by atoms with Crippen molar-refractivity contribution >= 4 is 27.0 Å². The Hall–Kier alpha value is -2.98. The van der Waals surface area contributed by atoms with Crippen LogP contribution in [0.25, 0.3) is 11.0 Å². The van der Waals surface area contributed by atoms with Gasteiger partial charge in [-0.15, -0.1) is 0 Å². The van der Waals surface area contributed by atoms with Gasteiger partial charge in [0.25, 0.3) is 5.91 Å². The second kappa shape index (κ2) is 8.85. The molecule has 2 aliphatic heterocycles. The molecule has 0 unspecified atom stereocenters. The zero-order valence-corrected chi connectivity index (χ0v) is 22.4. The van der Waals surface area contributed by atoms with Crippen molar-refractivity contribution in [2.45, 2.75) is 44.9 Å². The van der Waals surface area contributed by atoms with Gasteiger partial charge in [-0.3, -0.25) is 9.48 Å². The highest BCUT2D eigenvalue weighted by Gasteiger charge is 2.45. The summed E-state index contributed by atoms with van der Waals surface area (Å²) >= 11 is 0. The summed E-state index contributed by atoms with van der Waals surface area (Å²) in [6.07, 6.45) is 3.91. The number of rotatable bonds is 4. The largest absolute Gasteiger partial charge is 0.495 e. The average Bonchev–Trinajstić information content (AvgIpc) is 3.40. The van der Waals surface area contributed by atoms with Gasteiger partial charge in [0.2, 0.25) is 10.0 Å². The third-order valence-corrected chi connectivity index (χ3v) is 9.92. The number of sulfonamides is 1. The van der Waals surface area contributed by atoms with Gasteiger partial charge in [-0.25, -0.2) is 13.4 Å². The first kappa shape index (κ1) is 24.7. The summed E-state index contributed by atoms with van der Waals surface area (Å²) in [7, 11) is -0.161. The summed E-state index contributed by atoms with van der Waals surface area (Å²) in [6, 6.07) is 5.55. The van der Waals surface area contributed by atoms with Gasteiger partial charge in [0.1, 0.15) is 11.3 Å². The molecular formula is C26H33N5O4S. The van der Waals surface area contributed by atoms with Crippen LogP contribution < -0.4 is 4.74 Å². The summed E-state index contributed by atoms with van der Waals surface area (Å²) in [5, 5.41) is 5.17. The molecule has 0 radical (unpaired) electrons. The van der Waals surface area contributed by atoms with E-state index in [2.05, 4.69) is 10.1 Å². The van der Waals surface area contributed by atoms with E-state index in [1.165, 1.54) is 0 Å². The number of hydrogen-bond donors (Lipinski definition) is 0. The van der Waals surface area contributed by atoms with Crippen LogP contribution in [0.1, 0.15) is 46.4 Å². The normalized spacial score (nSPS) is 18.3. The molecule has 9 nitrogen and oxygen atoms in total. The van der Waals surface area contributed by atoms with Gasteiger partial charge in [0.05, 0.1) is 23.1 Å². The van der Waals surface area contributed by atoms with Crippen molar-refractivity contribution in [3.8, 4) is 5.75 Å². The highest BCUT2D eigenvalue weighted by atomic mass is 32.2. The SMILES string of the molecule is COc1c(C(=O)N2CCC3(CCN(S(=O)(=O)c4cc(C)ccc4C)CC3)C2)cnc2c1c(C)nn2C. The Bertz CT molecular complexity index is 1450. The molecule has 10 heteroatoms. The molecule has 2 fully saturated rings. The van der Waals surface area contributed by atoms with Crippen LogP contribution in [0.4, 0.5) is 0 Å². The number of ether oxygens (including phenoxy) is 1. The van der Waals surface area contributed by atoms with Crippen LogP contribution >= 0.6 is 0 Å². The van der Waals surface area contributed by atoms with Crippen molar-refractivity contribution in [2.24, 2.45) is 12.5 Å². The lowest BCUT2D eigenvalue weighted by Crippen LogP contribution is -2.44. The number of carbonyl (C=O) groups excluding carboxylic acids is 1. The maximum Gasteiger partial charge on any atom is 0.259 e. The Kier molecular flexibility index (Phi) is 6.07. The Labute approximate surface area is 212 Å². The van der Waals surface area contributed by atoms with E-state index in [-0.39, 0.29) is 11.3 Å². The van der Waals surface area contributed by atoms with Crippen LogP contribution in [-0.4, -0.2) is 71.6 Å². The molecule has 0 bridgehead atoms. The summed E-state index contributed by atoms with van der Waals surface area (Å²) < 4.78 is 35.7. The highest BCUT2D eigenvalue weighted by Crippen LogP contribution is 2.43. The fraction of sp³-hybridized carbons (Fsp3) is 0.500. The van der Waals surface area contributed by atoms with Crippen LogP contribution in [-0.2, 0) is 17.1 Å². The van der Waals surface area contributed by atoms with Gasteiger partial charge in [-0.05, 0) is 62.6 Å². The number of hydrogen-bond acceptors (Lipinski definition) is 6. The van der Waals surface area contributed by atoms with Crippen molar-refractivity contribution in [3.63, 3.8) is 0 Å². The molecule has 4 heterocycles. The fourth-order valence-corrected chi connectivity index (χ4v) is 7.51. The Balaban J connectivity index is 1.33. The number of methoxy groups -OCH3 is 1. The predicted molar refractivity (Wildman–Crippen MR) is 137 cm³/mol. The molecule has 0 aliphatic carbocycles. The maximum atomic E-state index is 13.6. The molecule has 2 saturated heterocycles. The number of carbonyl (C=O) groups is 1. The van der Waals surface area contributed by atoms with Crippen molar-refractivity contribution in [1.82, 2.24) is 24.0 Å². The van der Waals surface area contributed by atoms with E-state index in [4.69, 9.17) is 4.74 Å². The summed E-state index contributed by atoms with van der Waals surface area (Å²) in [4.78, 5) is 20.3. The number of piperidine rings is 1. The van der Waals surface area contributed by atoms with Crippen LogP contribution in [0.15, 0.2) is 29.3 Å². The first-order valence-electron chi connectivity index (χ1n) is 12.3. The monoisotopic (exact) mass is 511 g/mol. The Morgan fingerprint density at radius 3 is 2.47 bits per heavy atom. The molecule has 1 amide bonds. The van der Waals surface area contributed by atoms with Gasteiger partial charge in [-0.1, -0.05) is 12.1 Å². The molecule has 192 valence electrons. The molecule has 2 aromatic heterocycles. The summed E-state index contributed by atoms with van der Waals surface area (Å²) in [5.74, 6) is 0.401. The maximum absolute atomic E-state index is 13.6. The third kappa shape index (κ3) is 3.96. The number of amides is 1. The molecule has 5 rings (SSSR count). The van der Waals surface area contributed by atoms with Crippen LogP contribution in [0.3, 0.4) is 0 Å². The molecule has 3 aromatic rings. The number of pyridine rings is 1. The topological polar surface area (TPSA) is 97.6 Å². The highest BCUT2D eigenvalue weighted by molar-refractivity contribution is 7.89. The van der Waals surface area contributed by atoms with Crippen LogP contribution in [0.5, 0.6) is 5.75 Å². The number of likely N-dealkylation sites (tertiary alicyclic amines) is 1. The lowest BCUT2D eigenvalue weighted by atomic mass is 9.78. The number of aryl methyl sites for hydroxylation is 4. The molecule has 36 heavy (non-hydrogen) atoms. The lowest BCUT2D eigenvalue weighted by Gasteiger charge is -2.38. The molecule has 2 aliphatic rings. The smallest absolute Gasteiger partial charge is 0.259 e.